The van der Waals surface area contributed by atoms with Crippen LogP contribution in [0.5, 0.6) is 5.75 Å². The molecule has 8 nitrogen and oxygen atoms in total. The number of carbonyl (C=O) groups excluding carboxylic acids is 2. The topological polar surface area (TPSA) is 105 Å². The van der Waals surface area contributed by atoms with Crippen molar-refractivity contribution in [3.05, 3.63) is 66.4 Å². The highest BCUT2D eigenvalue weighted by molar-refractivity contribution is 6.03. The van der Waals surface area contributed by atoms with Gasteiger partial charge in [-0.05, 0) is 54.6 Å². The second kappa shape index (κ2) is 8.63. The lowest BCUT2D eigenvalue weighted by molar-refractivity contribution is -0.114. The van der Waals surface area contributed by atoms with Crippen LogP contribution < -0.4 is 20.7 Å². The van der Waals surface area contributed by atoms with Crippen molar-refractivity contribution in [3.63, 3.8) is 0 Å². The van der Waals surface area contributed by atoms with Crippen LogP contribution in [0.4, 0.5) is 22.9 Å². The number of hydrogen-bond donors (Lipinski definition) is 3. The van der Waals surface area contributed by atoms with Crippen LogP contribution in [0, 0.1) is 0 Å². The van der Waals surface area contributed by atoms with E-state index < -0.39 is 5.91 Å². The van der Waals surface area contributed by atoms with Gasteiger partial charge >= 0.3 is 0 Å². The van der Waals surface area contributed by atoms with Crippen LogP contribution in [0.25, 0.3) is 0 Å². The molecule has 0 radical (unpaired) electrons. The summed E-state index contributed by atoms with van der Waals surface area (Å²) in [4.78, 5) is 23.5. The number of nitrogens with one attached hydrogen (secondary N) is 3. The molecule has 0 spiro atoms. The molecular weight excluding hydrogens is 358 g/mol. The van der Waals surface area contributed by atoms with E-state index in [1.54, 1.807) is 43.5 Å². The molecule has 3 N–H and O–H groups in total. The van der Waals surface area contributed by atoms with Crippen molar-refractivity contribution in [2.45, 2.75) is 6.92 Å². The van der Waals surface area contributed by atoms with Gasteiger partial charge in [-0.25, -0.2) is 0 Å². The number of aromatic nitrogens is 2. The second-order valence-corrected chi connectivity index (χ2v) is 5.87. The molecule has 0 fully saturated rings. The van der Waals surface area contributed by atoms with Gasteiger partial charge in [0.15, 0.2) is 11.5 Å². The summed E-state index contributed by atoms with van der Waals surface area (Å²) in [6.45, 7) is 1.42. The maximum absolute atomic E-state index is 12.4. The minimum absolute atomic E-state index is 0.171. The van der Waals surface area contributed by atoms with E-state index in [2.05, 4.69) is 26.1 Å². The van der Waals surface area contributed by atoms with Crippen LogP contribution in [0.2, 0.25) is 0 Å². The van der Waals surface area contributed by atoms with Crippen molar-refractivity contribution in [1.82, 2.24) is 10.2 Å². The smallest absolute Gasteiger partial charge is 0.276 e. The molecule has 3 aromatic rings. The molecule has 0 saturated carbocycles. The molecule has 0 bridgehead atoms. The molecule has 0 saturated heterocycles. The molecule has 0 unspecified atom stereocenters. The average molecular weight is 377 g/mol. The number of benzene rings is 2. The van der Waals surface area contributed by atoms with E-state index >= 15 is 0 Å². The third-order valence-electron chi connectivity index (χ3n) is 3.70. The molecule has 0 aliphatic rings. The van der Waals surface area contributed by atoms with Crippen LogP contribution in [0.1, 0.15) is 17.4 Å². The minimum Gasteiger partial charge on any atom is -0.497 e. The largest absolute Gasteiger partial charge is 0.497 e. The van der Waals surface area contributed by atoms with Gasteiger partial charge in [0.25, 0.3) is 5.91 Å². The lowest BCUT2D eigenvalue weighted by atomic mass is 10.2. The van der Waals surface area contributed by atoms with Gasteiger partial charge in [-0.3, -0.25) is 9.59 Å². The standard InChI is InChI=1S/C20H19N5O3/c1-13(26)21-15-4-3-5-16(12-15)23-20(27)18-10-11-19(25-24-18)22-14-6-8-17(28-2)9-7-14/h3-12H,1-2H3,(H,21,26)(H,22,25)(H,23,27). The zero-order valence-corrected chi connectivity index (χ0v) is 15.4. The van der Waals surface area contributed by atoms with Crippen molar-refractivity contribution < 1.29 is 14.3 Å². The van der Waals surface area contributed by atoms with Gasteiger partial charge in [-0.2, -0.15) is 0 Å². The highest BCUT2D eigenvalue weighted by atomic mass is 16.5. The molecule has 2 amide bonds. The van der Waals surface area contributed by atoms with Crippen molar-refractivity contribution >= 4 is 34.7 Å². The Morgan fingerprint density at radius 1 is 0.857 bits per heavy atom. The van der Waals surface area contributed by atoms with E-state index in [1.165, 1.54) is 6.92 Å². The fourth-order valence-corrected chi connectivity index (χ4v) is 2.42. The first-order valence-electron chi connectivity index (χ1n) is 8.47. The molecule has 2 aromatic carbocycles. The zero-order chi connectivity index (χ0) is 19.9. The maximum Gasteiger partial charge on any atom is 0.276 e. The molecule has 1 aromatic heterocycles. The van der Waals surface area contributed by atoms with Gasteiger partial charge in [0, 0.05) is 24.0 Å². The monoisotopic (exact) mass is 377 g/mol. The number of hydrogen-bond acceptors (Lipinski definition) is 6. The number of amides is 2. The Bertz CT molecular complexity index is 972. The first-order chi connectivity index (χ1) is 13.5. The Morgan fingerprint density at radius 2 is 1.57 bits per heavy atom. The summed E-state index contributed by atoms with van der Waals surface area (Å²) in [7, 11) is 1.60. The van der Waals surface area contributed by atoms with Gasteiger partial charge in [-0.1, -0.05) is 6.07 Å². The predicted octanol–water partition coefficient (Wildman–Crippen LogP) is 3.44. The third kappa shape index (κ3) is 5.04. The fraction of sp³-hybridized carbons (Fsp3) is 0.100. The maximum atomic E-state index is 12.4. The van der Waals surface area contributed by atoms with E-state index in [9.17, 15) is 9.59 Å². The number of ether oxygens (including phenoxy) is 1. The summed E-state index contributed by atoms with van der Waals surface area (Å²) >= 11 is 0. The first-order valence-corrected chi connectivity index (χ1v) is 8.47. The molecular formula is C20H19N5O3. The zero-order valence-electron chi connectivity index (χ0n) is 15.4. The van der Waals surface area contributed by atoms with Crippen LogP contribution in [0.3, 0.4) is 0 Å². The third-order valence-corrected chi connectivity index (χ3v) is 3.70. The Kier molecular flexibility index (Phi) is 5.81. The molecule has 28 heavy (non-hydrogen) atoms. The summed E-state index contributed by atoms with van der Waals surface area (Å²) in [5.41, 5.74) is 2.13. The van der Waals surface area contributed by atoms with Crippen LogP contribution >= 0.6 is 0 Å². The van der Waals surface area contributed by atoms with Crippen molar-refractivity contribution in [2.75, 3.05) is 23.1 Å². The van der Waals surface area contributed by atoms with Crippen molar-refractivity contribution in [1.29, 1.82) is 0 Å². The van der Waals surface area contributed by atoms with Gasteiger partial charge in [0.2, 0.25) is 5.91 Å². The van der Waals surface area contributed by atoms with E-state index in [-0.39, 0.29) is 11.6 Å². The van der Waals surface area contributed by atoms with Crippen molar-refractivity contribution in [3.8, 4) is 5.75 Å². The summed E-state index contributed by atoms with van der Waals surface area (Å²) in [6.07, 6.45) is 0. The van der Waals surface area contributed by atoms with Crippen molar-refractivity contribution in [2.24, 2.45) is 0 Å². The minimum atomic E-state index is -0.400. The SMILES string of the molecule is COc1ccc(Nc2ccc(C(=O)Nc3cccc(NC(C)=O)c3)nn2)cc1. The quantitative estimate of drug-likeness (QED) is 0.608. The Labute approximate surface area is 161 Å². The highest BCUT2D eigenvalue weighted by Crippen LogP contribution is 2.19. The molecule has 1 heterocycles. The van der Waals surface area contributed by atoms with Gasteiger partial charge < -0.3 is 20.7 Å². The molecule has 0 aliphatic heterocycles. The van der Waals surface area contributed by atoms with Gasteiger partial charge in [0.1, 0.15) is 5.75 Å². The lowest BCUT2D eigenvalue weighted by Crippen LogP contribution is -2.15. The lowest BCUT2D eigenvalue weighted by Gasteiger charge is -2.08. The molecule has 0 aliphatic carbocycles. The summed E-state index contributed by atoms with van der Waals surface area (Å²) in [6, 6.07) is 17.4. The van der Waals surface area contributed by atoms with Gasteiger partial charge in [-0.15, -0.1) is 10.2 Å². The van der Waals surface area contributed by atoms with Crippen LogP contribution in [0.15, 0.2) is 60.7 Å². The molecule has 8 heteroatoms. The number of rotatable bonds is 6. The average Bonchev–Trinajstić information content (AvgIpc) is 2.69. The second-order valence-electron chi connectivity index (χ2n) is 5.87. The van der Waals surface area contributed by atoms with E-state index in [0.29, 0.717) is 17.2 Å². The number of nitrogens with zero attached hydrogens (tertiary/aromatic N) is 2. The normalized spacial score (nSPS) is 10.1. The summed E-state index contributed by atoms with van der Waals surface area (Å²) < 4.78 is 5.12. The summed E-state index contributed by atoms with van der Waals surface area (Å²) in [5.74, 6) is 0.679. The highest BCUT2D eigenvalue weighted by Gasteiger charge is 2.09. The fourth-order valence-electron chi connectivity index (χ4n) is 2.42. The van der Waals surface area contributed by atoms with E-state index in [4.69, 9.17) is 4.74 Å². The number of anilines is 4. The Balaban J connectivity index is 1.64. The molecule has 0 atom stereocenters. The van der Waals surface area contributed by atoms with Crippen LogP contribution in [-0.4, -0.2) is 29.1 Å². The van der Waals surface area contributed by atoms with Gasteiger partial charge in [0.05, 0.1) is 7.11 Å². The molecule has 142 valence electrons. The number of methoxy groups -OCH3 is 1. The summed E-state index contributed by atoms with van der Waals surface area (Å²) in [5, 5.41) is 16.5. The van der Waals surface area contributed by atoms with Crippen LogP contribution in [-0.2, 0) is 4.79 Å². The van der Waals surface area contributed by atoms with E-state index in [0.717, 1.165) is 11.4 Å². The Morgan fingerprint density at radius 3 is 2.18 bits per heavy atom. The first kappa shape index (κ1) is 18.8. The Hall–Kier alpha value is -3.94. The number of carbonyl (C=O) groups is 2. The van der Waals surface area contributed by atoms with E-state index in [1.807, 2.05) is 24.3 Å². The predicted molar refractivity (Wildman–Crippen MR) is 107 cm³/mol. The molecule has 3 rings (SSSR count).